The van der Waals surface area contributed by atoms with Gasteiger partial charge in [0.15, 0.2) is 0 Å². The first-order chi connectivity index (χ1) is 6.27. The number of fused-ring (bicyclic) bond motifs is 1. The number of carbonyl (C=O) groups is 1. The quantitative estimate of drug-likeness (QED) is 0.715. The summed E-state index contributed by atoms with van der Waals surface area (Å²) in [5, 5.41) is 3.53. The van der Waals surface area contributed by atoms with E-state index in [0.29, 0.717) is 12.3 Å². The van der Waals surface area contributed by atoms with E-state index < -0.39 is 0 Å². The lowest BCUT2D eigenvalue weighted by Crippen LogP contribution is -2.22. The third-order valence-corrected chi connectivity index (χ3v) is 3.35. The van der Waals surface area contributed by atoms with Crippen molar-refractivity contribution in [2.45, 2.75) is 11.4 Å². The molecule has 2 rings (SSSR count). The van der Waals surface area contributed by atoms with Crippen LogP contribution in [-0.2, 0) is 11.3 Å². The molecule has 68 valence electrons. The van der Waals surface area contributed by atoms with Crippen LogP contribution < -0.4 is 5.32 Å². The van der Waals surface area contributed by atoms with Crippen LogP contribution in [0, 0.1) is 0 Å². The molecule has 0 atom stereocenters. The molecule has 0 radical (unpaired) electrons. The standard InChI is InChI=1S/C9H8ClNOS/c10-7-2-1-3-8-6(7)4-11-9(12)5-13-8/h1-3H,4-5H2,(H,11,12). The molecular weight excluding hydrogens is 206 g/mol. The highest BCUT2D eigenvalue weighted by molar-refractivity contribution is 8.00. The first kappa shape index (κ1) is 8.91. The second-order valence-electron chi connectivity index (χ2n) is 2.78. The molecule has 0 aliphatic carbocycles. The predicted molar refractivity (Wildman–Crippen MR) is 54.0 cm³/mol. The summed E-state index contributed by atoms with van der Waals surface area (Å²) in [6.07, 6.45) is 0. The van der Waals surface area contributed by atoms with Gasteiger partial charge in [0.1, 0.15) is 0 Å². The van der Waals surface area contributed by atoms with Gasteiger partial charge in [-0.2, -0.15) is 0 Å². The molecule has 1 N–H and O–H groups in total. The second-order valence-corrected chi connectivity index (χ2v) is 4.21. The zero-order chi connectivity index (χ0) is 9.26. The molecule has 0 unspecified atom stereocenters. The fourth-order valence-corrected chi connectivity index (χ4v) is 2.44. The van der Waals surface area contributed by atoms with E-state index in [4.69, 9.17) is 11.6 Å². The lowest BCUT2D eigenvalue weighted by atomic mass is 10.2. The highest BCUT2D eigenvalue weighted by Crippen LogP contribution is 2.29. The summed E-state index contributed by atoms with van der Waals surface area (Å²) in [4.78, 5) is 12.2. The van der Waals surface area contributed by atoms with Crippen LogP contribution >= 0.6 is 23.4 Å². The van der Waals surface area contributed by atoms with Gasteiger partial charge in [-0.1, -0.05) is 17.7 Å². The van der Waals surface area contributed by atoms with Crippen LogP contribution in [0.1, 0.15) is 5.56 Å². The molecule has 1 aromatic carbocycles. The summed E-state index contributed by atoms with van der Waals surface area (Å²) in [6.45, 7) is 0.542. The number of nitrogens with one attached hydrogen (secondary N) is 1. The Bertz CT molecular complexity index is 353. The van der Waals surface area contributed by atoms with Gasteiger partial charge in [0.05, 0.1) is 5.75 Å². The molecule has 0 bridgehead atoms. The van der Waals surface area contributed by atoms with Gasteiger partial charge in [0.25, 0.3) is 0 Å². The van der Waals surface area contributed by atoms with E-state index in [2.05, 4.69) is 5.32 Å². The number of hydrogen-bond acceptors (Lipinski definition) is 2. The molecule has 1 aromatic rings. The van der Waals surface area contributed by atoms with Crippen molar-refractivity contribution in [3.8, 4) is 0 Å². The molecule has 1 aliphatic heterocycles. The van der Waals surface area contributed by atoms with Crippen molar-refractivity contribution in [3.63, 3.8) is 0 Å². The molecule has 1 amide bonds. The SMILES string of the molecule is O=C1CSc2cccc(Cl)c2CN1. The van der Waals surface area contributed by atoms with E-state index in [1.165, 1.54) is 11.8 Å². The second kappa shape index (κ2) is 3.60. The zero-order valence-corrected chi connectivity index (χ0v) is 8.41. The van der Waals surface area contributed by atoms with Gasteiger partial charge in [-0.25, -0.2) is 0 Å². The third kappa shape index (κ3) is 1.81. The molecule has 4 heteroatoms. The monoisotopic (exact) mass is 213 g/mol. The number of halogens is 1. The van der Waals surface area contributed by atoms with Gasteiger partial charge < -0.3 is 5.32 Å². The van der Waals surface area contributed by atoms with Crippen LogP contribution in [0.3, 0.4) is 0 Å². The predicted octanol–water partition coefficient (Wildman–Crippen LogP) is 2.06. The number of rotatable bonds is 0. The van der Waals surface area contributed by atoms with Gasteiger partial charge >= 0.3 is 0 Å². The van der Waals surface area contributed by atoms with E-state index in [1.807, 2.05) is 18.2 Å². The molecule has 0 fully saturated rings. The lowest BCUT2D eigenvalue weighted by molar-refractivity contribution is -0.118. The van der Waals surface area contributed by atoms with Crippen molar-refractivity contribution in [2.24, 2.45) is 0 Å². The summed E-state index contributed by atoms with van der Waals surface area (Å²) in [7, 11) is 0. The zero-order valence-electron chi connectivity index (χ0n) is 6.84. The molecular formula is C9H8ClNOS. The van der Waals surface area contributed by atoms with Gasteiger partial charge in [0, 0.05) is 22.0 Å². The van der Waals surface area contributed by atoms with Crippen LogP contribution in [0.5, 0.6) is 0 Å². The molecule has 1 aliphatic rings. The van der Waals surface area contributed by atoms with Crippen molar-refractivity contribution >= 4 is 29.3 Å². The summed E-state index contributed by atoms with van der Waals surface area (Å²) < 4.78 is 0. The van der Waals surface area contributed by atoms with Crippen molar-refractivity contribution in [1.29, 1.82) is 0 Å². The number of thioether (sulfide) groups is 1. The number of hydrogen-bond donors (Lipinski definition) is 1. The molecule has 0 saturated heterocycles. The largest absolute Gasteiger partial charge is 0.351 e. The maximum absolute atomic E-state index is 11.1. The first-order valence-corrected chi connectivity index (χ1v) is 5.30. The highest BCUT2D eigenvalue weighted by atomic mass is 35.5. The Morgan fingerprint density at radius 1 is 1.46 bits per heavy atom. The van der Waals surface area contributed by atoms with Crippen LogP contribution in [0.25, 0.3) is 0 Å². The number of carbonyl (C=O) groups excluding carboxylic acids is 1. The molecule has 1 heterocycles. The van der Waals surface area contributed by atoms with Crippen LogP contribution in [0.2, 0.25) is 5.02 Å². The Kier molecular flexibility index (Phi) is 2.47. The van der Waals surface area contributed by atoms with Gasteiger partial charge in [0.2, 0.25) is 5.91 Å². The van der Waals surface area contributed by atoms with Gasteiger partial charge in [-0.3, -0.25) is 4.79 Å². The Morgan fingerprint density at radius 2 is 2.31 bits per heavy atom. The maximum Gasteiger partial charge on any atom is 0.230 e. The summed E-state index contributed by atoms with van der Waals surface area (Å²) in [6, 6.07) is 5.74. The summed E-state index contributed by atoms with van der Waals surface area (Å²) in [5.41, 5.74) is 1.03. The molecule has 0 spiro atoms. The smallest absolute Gasteiger partial charge is 0.230 e. The Balaban J connectivity index is 2.40. The Hall–Kier alpha value is -0.670. The van der Waals surface area contributed by atoms with Crippen LogP contribution in [0.15, 0.2) is 23.1 Å². The maximum atomic E-state index is 11.1. The lowest BCUT2D eigenvalue weighted by Gasteiger charge is -2.05. The van der Waals surface area contributed by atoms with Gasteiger partial charge in [-0.15, -0.1) is 11.8 Å². The molecule has 0 saturated carbocycles. The van der Waals surface area contributed by atoms with E-state index in [1.54, 1.807) is 0 Å². The average Bonchev–Trinajstić information content (AvgIpc) is 2.30. The summed E-state index contributed by atoms with van der Waals surface area (Å²) in [5.74, 6) is 0.546. The Labute approximate surface area is 85.7 Å². The average molecular weight is 214 g/mol. The fourth-order valence-electron chi connectivity index (χ4n) is 1.23. The third-order valence-electron chi connectivity index (χ3n) is 1.90. The van der Waals surface area contributed by atoms with E-state index in [-0.39, 0.29) is 5.91 Å². The van der Waals surface area contributed by atoms with Crippen molar-refractivity contribution in [1.82, 2.24) is 5.32 Å². The van der Waals surface area contributed by atoms with Crippen LogP contribution in [-0.4, -0.2) is 11.7 Å². The minimum absolute atomic E-state index is 0.0669. The highest BCUT2D eigenvalue weighted by Gasteiger charge is 2.14. The van der Waals surface area contributed by atoms with Crippen molar-refractivity contribution in [3.05, 3.63) is 28.8 Å². The van der Waals surface area contributed by atoms with Crippen LogP contribution in [0.4, 0.5) is 0 Å². The summed E-state index contributed by atoms with van der Waals surface area (Å²) >= 11 is 7.53. The number of amides is 1. The van der Waals surface area contributed by atoms with E-state index in [0.717, 1.165) is 15.5 Å². The number of benzene rings is 1. The topological polar surface area (TPSA) is 29.1 Å². The molecule has 0 aromatic heterocycles. The molecule has 2 nitrogen and oxygen atoms in total. The normalized spacial score (nSPS) is 15.9. The fraction of sp³-hybridized carbons (Fsp3) is 0.222. The van der Waals surface area contributed by atoms with Crippen molar-refractivity contribution in [2.75, 3.05) is 5.75 Å². The van der Waals surface area contributed by atoms with Crippen molar-refractivity contribution < 1.29 is 4.79 Å². The van der Waals surface area contributed by atoms with E-state index in [9.17, 15) is 4.79 Å². The minimum Gasteiger partial charge on any atom is -0.351 e. The minimum atomic E-state index is 0.0669. The Morgan fingerprint density at radius 3 is 3.15 bits per heavy atom. The van der Waals surface area contributed by atoms with Gasteiger partial charge in [-0.05, 0) is 12.1 Å². The molecule has 13 heavy (non-hydrogen) atoms. The van der Waals surface area contributed by atoms with E-state index >= 15 is 0 Å². The first-order valence-electron chi connectivity index (χ1n) is 3.94.